The quantitative estimate of drug-likeness (QED) is 0.821. The Morgan fingerprint density at radius 2 is 1.95 bits per heavy atom. The van der Waals surface area contributed by atoms with Gasteiger partial charge in [0.1, 0.15) is 0 Å². The topological polar surface area (TPSA) is 77.1 Å². The van der Waals surface area contributed by atoms with Crippen molar-refractivity contribution in [2.45, 2.75) is 32.6 Å². The number of nitrogens with zero attached hydrogens (tertiary/aromatic N) is 2. The van der Waals surface area contributed by atoms with Gasteiger partial charge in [0.25, 0.3) is 5.87 Å². The predicted molar refractivity (Wildman–Crippen MR) is 72.2 cm³/mol. The number of H-pyrrole nitrogens is 1. The second-order valence-electron chi connectivity index (χ2n) is 5.49. The molecule has 0 aliphatic heterocycles. The number of fused-ring (bicyclic) bond motifs is 2. The lowest BCUT2D eigenvalue weighted by Gasteiger charge is -2.04. The first-order chi connectivity index (χ1) is 9.79. The van der Waals surface area contributed by atoms with Gasteiger partial charge in [-0.25, -0.2) is 0 Å². The van der Waals surface area contributed by atoms with Crippen LogP contribution in [-0.4, -0.2) is 42.0 Å². The van der Waals surface area contributed by atoms with E-state index >= 15 is 0 Å². The minimum atomic E-state index is -0.374. The van der Waals surface area contributed by atoms with E-state index in [1.807, 2.05) is 6.92 Å². The number of hydrogen-bond acceptors (Lipinski definition) is 5. The SMILES string of the molecule is CCO[B]C(=O)OCC1C2CCc3n[nH]nc3CCC21. The molecule has 7 heteroatoms. The average Bonchev–Trinajstić information content (AvgIpc) is 2.89. The zero-order valence-electron chi connectivity index (χ0n) is 11.7. The van der Waals surface area contributed by atoms with Crippen LogP contribution in [0.1, 0.15) is 31.2 Å². The van der Waals surface area contributed by atoms with Crippen molar-refractivity contribution in [3.63, 3.8) is 0 Å². The van der Waals surface area contributed by atoms with E-state index in [0.717, 1.165) is 44.6 Å². The summed E-state index contributed by atoms with van der Waals surface area (Å²) in [6.45, 7) is 2.83. The predicted octanol–water partition coefficient (Wildman–Crippen LogP) is 1.34. The van der Waals surface area contributed by atoms with Gasteiger partial charge in [-0.15, -0.1) is 0 Å². The van der Waals surface area contributed by atoms with Gasteiger partial charge in [-0.1, -0.05) is 0 Å². The van der Waals surface area contributed by atoms with Crippen LogP contribution in [0.25, 0.3) is 0 Å². The van der Waals surface area contributed by atoms with Crippen LogP contribution in [0.5, 0.6) is 0 Å². The standard InChI is InChI=1S/C13H19BN3O3/c1-2-20-14-13(18)19-7-10-8-3-5-11-12(16-17-15-11)6-4-9(8)10/h8-10H,2-7H2,1H3,(H,15,16,17). The number of hydrogen-bond donors (Lipinski definition) is 1. The van der Waals surface area contributed by atoms with Crippen LogP contribution >= 0.6 is 0 Å². The Morgan fingerprint density at radius 3 is 2.55 bits per heavy atom. The van der Waals surface area contributed by atoms with Gasteiger partial charge in [-0.3, -0.25) is 4.79 Å². The Hall–Kier alpha value is -1.37. The van der Waals surface area contributed by atoms with Crippen molar-refractivity contribution in [3.8, 4) is 0 Å². The van der Waals surface area contributed by atoms with Crippen LogP contribution < -0.4 is 0 Å². The van der Waals surface area contributed by atoms with Crippen LogP contribution in [0.15, 0.2) is 0 Å². The van der Waals surface area contributed by atoms with Gasteiger partial charge >= 0.3 is 7.48 Å². The summed E-state index contributed by atoms with van der Waals surface area (Å²) in [6.07, 6.45) is 4.17. The molecule has 1 saturated carbocycles. The first-order valence-electron chi connectivity index (χ1n) is 7.29. The zero-order valence-corrected chi connectivity index (χ0v) is 11.7. The molecule has 0 amide bonds. The molecule has 6 nitrogen and oxygen atoms in total. The number of rotatable bonds is 5. The van der Waals surface area contributed by atoms with E-state index in [4.69, 9.17) is 9.39 Å². The third-order valence-electron chi connectivity index (χ3n) is 4.41. The van der Waals surface area contributed by atoms with Gasteiger partial charge in [0.2, 0.25) is 0 Å². The molecule has 107 valence electrons. The third-order valence-corrected chi connectivity index (χ3v) is 4.41. The Labute approximate surface area is 118 Å². The fraction of sp³-hybridized carbons (Fsp3) is 0.769. The molecule has 0 aromatic carbocycles. The molecule has 2 aliphatic carbocycles. The normalized spacial score (nSPS) is 27.8. The lowest BCUT2D eigenvalue weighted by molar-refractivity contribution is 0.157. The number of aromatic amines is 1. The van der Waals surface area contributed by atoms with E-state index in [1.54, 1.807) is 0 Å². The molecule has 1 aromatic rings. The molecule has 1 heterocycles. The molecule has 2 unspecified atom stereocenters. The molecule has 1 fully saturated rings. The first-order valence-corrected chi connectivity index (χ1v) is 7.29. The highest BCUT2D eigenvalue weighted by atomic mass is 16.5. The summed E-state index contributed by atoms with van der Waals surface area (Å²) in [7, 11) is 1.16. The molecule has 1 radical (unpaired) electrons. The molecule has 20 heavy (non-hydrogen) atoms. The highest BCUT2D eigenvalue weighted by Gasteiger charge is 2.50. The summed E-state index contributed by atoms with van der Waals surface area (Å²) in [5.41, 5.74) is 2.21. The van der Waals surface area contributed by atoms with Crippen LogP contribution in [0.2, 0.25) is 0 Å². The number of carbonyl (C=O) groups excluding carboxylic acids is 1. The third kappa shape index (κ3) is 2.87. The van der Waals surface area contributed by atoms with Gasteiger partial charge < -0.3 is 9.39 Å². The number of ether oxygens (including phenoxy) is 1. The van der Waals surface area contributed by atoms with Gasteiger partial charge in [0, 0.05) is 6.61 Å². The van der Waals surface area contributed by atoms with E-state index in [1.165, 1.54) is 0 Å². The van der Waals surface area contributed by atoms with E-state index < -0.39 is 0 Å². The molecule has 0 spiro atoms. The largest absolute Gasteiger partial charge is 0.471 e. The second-order valence-corrected chi connectivity index (χ2v) is 5.49. The maximum atomic E-state index is 11.4. The molecule has 1 aromatic heterocycles. The molecule has 0 saturated heterocycles. The molecule has 1 N–H and O–H groups in total. The van der Waals surface area contributed by atoms with E-state index in [9.17, 15) is 4.79 Å². The van der Waals surface area contributed by atoms with Crippen LogP contribution in [0.3, 0.4) is 0 Å². The highest BCUT2D eigenvalue weighted by molar-refractivity contribution is 6.66. The van der Waals surface area contributed by atoms with Crippen molar-refractivity contribution < 1.29 is 14.2 Å². The van der Waals surface area contributed by atoms with Crippen LogP contribution in [0, 0.1) is 17.8 Å². The maximum absolute atomic E-state index is 11.4. The van der Waals surface area contributed by atoms with Crippen molar-refractivity contribution in [1.29, 1.82) is 0 Å². The van der Waals surface area contributed by atoms with Gasteiger partial charge in [0.05, 0.1) is 18.0 Å². The minimum absolute atomic E-state index is 0.374. The summed E-state index contributed by atoms with van der Waals surface area (Å²) in [5, 5.41) is 11.1. The van der Waals surface area contributed by atoms with Crippen molar-refractivity contribution in [2.75, 3.05) is 13.2 Å². The van der Waals surface area contributed by atoms with E-state index in [2.05, 4.69) is 15.4 Å². The first kappa shape index (κ1) is 13.6. The Kier molecular flexibility index (Phi) is 4.05. The Bertz CT molecular complexity index is 451. The summed E-state index contributed by atoms with van der Waals surface area (Å²) >= 11 is 0. The highest BCUT2D eigenvalue weighted by Crippen LogP contribution is 2.52. The van der Waals surface area contributed by atoms with Gasteiger partial charge in [0.15, 0.2) is 0 Å². The number of carbonyl (C=O) groups is 1. The molecule has 2 aliphatic rings. The number of aromatic nitrogens is 3. The lowest BCUT2D eigenvalue weighted by atomic mass is 10.0. The van der Waals surface area contributed by atoms with Crippen LogP contribution in [-0.2, 0) is 22.2 Å². The monoisotopic (exact) mass is 276 g/mol. The fourth-order valence-electron chi connectivity index (χ4n) is 3.27. The summed E-state index contributed by atoms with van der Waals surface area (Å²) in [6, 6.07) is 0. The molecular formula is C13H19BN3O3. The number of nitrogens with one attached hydrogen (secondary N) is 1. The van der Waals surface area contributed by atoms with Gasteiger partial charge in [-0.2, -0.15) is 15.4 Å². The Balaban J connectivity index is 1.46. The van der Waals surface area contributed by atoms with Crippen molar-refractivity contribution in [1.82, 2.24) is 15.4 Å². The summed E-state index contributed by atoms with van der Waals surface area (Å²) in [4.78, 5) is 11.4. The van der Waals surface area contributed by atoms with E-state index in [0.29, 0.717) is 31.0 Å². The second kappa shape index (κ2) is 5.95. The number of aryl methyl sites for hydroxylation is 2. The zero-order chi connectivity index (χ0) is 13.9. The fourth-order valence-corrected chi connectivity index (χ4v) is 3.27. The van der Waals surface area contributed by atoms with Crippen molar-refractivity contribution in [2.24, 2.45) is 17.8 Å². The molecule has 2 atom stereocenters. The lowest BCUT2D eigenvalue weighted by Crippen LogP contribution is -2.16. The van der Waals surface area contributed by atoms with E-state index in [-0.39, 0.29) is 5.87 Å². The van der Waals surface area contributed by atoms with Gasteiger partial charge in [-0.05, 0) is 50.4 Å². The summed E-state index contributed by atoms with van der Waals surface area (Å²) in [5.74, 6) is 1.46. The van der Waals surface area contributed by atoms with Crippen LogP contribution in [0.4, 0.5) is 4.79 Å². The van der Waals surface area contributed by atoms with Crippen molar-refractivity contribution in [3.05, 3.63) is 11.4 Å². The molecule has 3 rings (SSSR count). The minimum Gasteiger partial charge on any atom is -0.471 e. The Morgan fingerprint density at radius 1 is 1.30 bits per heavy atom. The average molecular weight is 276 g/mol. The maximum Gasteiger partial charge on any atom is 0.436 e. The molecular weight excluding hydrogens is 257 g/mol. The summed E-state index contributed by atoms with van der Waals surface area (Å²) < 4.78 is 10.2. The smallest absolute Gasteiger partial charge is 0.436 e. The van der Waals surface area contributed by atoms with Crippen molar-refractivity contribution >= 4 is 13.4 Å². The molecule has 0 bridgehead atoms.